The monoisotopic (exact) mass is 272 g/mol. The maximum Gasteiger partial charge on any atom is 0.138 e. The zero-order chi connectivity index (χ0) is 14.1. The summed E-state index contributed by atoms with van der Waals surface area (Å²) in [6.45, 7) is 4.66. The number of aromatic hydroxyl groups is 1. The minimum atomic E-state index is 0.291. The Morgan fingerprint density at radius 2 is 2.25 bits per heavy atom. The maximum absolute atomic E-state index is 9.69. The van der Waals surface area contributed by atoms with Gasteiger partial charge in [0.1, 0.15) is 11.5 Å². The summed E-state index contributed by atoms with van der Waals surface area (Å²) in [5.74, 6) is 1.22. The van der Waals surface area contributed by atoms with Crippen molar-refractivity contribution < 1.29 is 9.63 Å². The topological polar surface area (TPSA) is 58.3 Å². The average Bonchev–Trinajstić information content (AvgIpc) is 2.76. The van der Waals surface area contributed by atoms with Gasteiger partial charge < -0.3 is 14.9 Å². The number of nitrogens with one attached hydrogen (secondary N) is 1. The van der Waals surface area contributed by atoms with Crippen LogP contribution in [0.4, 0.5) is 0 Å². The Morgan fingerprint density at radius 3 is 3.00 bits per heavy atom. The molecule has 0 radical (unpaired) electrons. The SMILES string of the molecule is Cc1noc(C)c1CNC1CCCc2ccc(O)cc21. The minimum Gasteiger partial charge on any atom is -0.508 e. The second-order valence-electron chi connectivity index (χ2n) is 5.51. The lowest BCUT2D eigenvalue weighted by Gasteiger charge is -2.26. The van der Waals surface area contributed by atoms with Gasteiger partial charge in [-0.15, -0.1) is 0 Å². The van der Waals surface area contributed by atoms with Gasteiger partial charge in [-0.3, -0.25) is 0 Å². The number of aromatic nitrogens is 1. The van der Waals surface area contributed by atoms with E-state index in [0.717, 1.165) is 36.4 Å². The highest BCUT2D eigenvalue weighted by atomic mass is 16.5. The van der Waals surface area contributed by atoms with Crippen molar-refractivity contribution in [3.63, 3.8) is 0 Å². The van der Waals surface area contributed by atoms with Crippen molar-refractivity contribution in [3.05, 3.63) is 46.3 Å². The zero-order valence-corrected chi connectivity index (χ0v) is 11.9. The molecule has 1 aromatic carbocycles. The fourth-order valence-corrected chi connectivity index (χ4v) is 2.98. The van der Waals surface area contributed by atoms with Gasteiger partial charge in [-0.1, -0.05) is 11.2 Å². The van der Waals surface area contributed by atoms with Crippen molar-refractivity contribution >= 4 is 0 Å². The van der Waals surface area contributed by atoms with Crippen LogP contribution in [-0.4, -0.2) is 10.3 Å². The second-order valence-corrected chi connectivity index (χ2v) is 5.51. The summed E-state index contributed by atoms with van der Waals surface area (Å²) < 4.78 is 5.19. The Balaban J connectivity index is 1.78. The Hall–Kier alpha value is -1.81. The molecule has 20 heavy (non-hydrogen) atoms. The molecule has 1 aromatic heterocycles. The maximum atomic E-state index is 9.69. The number of aryl methyl sites for hydroxylation is 3. The average molecular weight is 272 g/mol. The summed E-state index contributed by atoms with van der Waals surface area (Å²) in [7, 11) is 0. The van der Waals surface area contributed by atoms with E-state index in [4.69, 9.17) is 4.52 Å². The fourth-order valence-electron chi connectivity index (χ4n) is 2.98. The number of nitrogens with zero attached hydrogens (tertiary/aromatic N) is 1. The van der Waals surface area contributed by atoms with E-state index < -0.39 is 0 Å². The molecule has 1 heterocycles. The van der Waals surface area contributed by atoms with Gasteiger partial charge >= 0.3 is 0 Å². The number of hydrogen-bond donors (Lipinski definition) is 2. The van der Waals surface area contributed by atoms with Gasteiger partial charge in [0.25, 0.3) is 0 Å². The third-order valence-electron chi connectivity index (χ3n) is 4.15. The Labute approximate surface area is 118 Å². The van der Waals surface area contributed by atoms with E-state index >= 15 is 0 Å². The molecule has 106 valence electrons. The van der Waals surface area contributed by atoms with Crippen molar-refractivity contribution in [1.82, 2.24) is 10.5 Å². The van der Waals surface area contributed by atoms with Gasteiger partial charge in [0, 0.05) is 18.2 Å². The number of rotatable bonds is 3. The second kappa shape index (κ2) is 5.29. The van der Waals surface area contributed by atoms with Crippen LogP contribution >= 0.6 is 0 Å². The number of hydrogen-bond acceptors (Lipinski definition) is 4. The Bertz CT molecular complexity index is 599. The largest absolute Gasteiger partial charge is 0.508 e. The normalized spacial score (nSPS) is 18.0. The molecule has 2 N–H and O–H groups in total. The number of benzene rings is 1. The molecule has 4 heteroatoms. The van der Waals surface area contributed by atoms with E-state index in [-0.39, 0.29) is 0 Å². The van der Waals surface area contributed by atoms with Gasteiger partial charge in [-0.25, -0.2) is 0 Å². The van der Waals surface area contributed by atoms with Crippen molar-refractivity contribution in [3.8, 4) is 5.75 Å². The van der Waals surface area contributed by atoms with Crippen LogP contribution in [0.2, 0.25) is 0 Å². The molecule has 0 aliphatic heterocycles. The molecule has 1 aliphatic carbocycles. The highest BCUT2D eigenvalue weighted by Crippen LogP contribution is 2.32. The highest BCUT2D eigenvalue weighted by Gasteiger charge is 2.21. The van der Waals surface area contributed by atoms with Crippen molar-refractivity contribution in [2.45, 2.75) is 45.7 Å². The minimum absolute atomic E-state index is 0.291. The molecule has 0 saturated heterocycles. The molecule has 1 aliphatic rings. The molecule has 0 spiro atoms. The Morgan fingerprint density at radius 1 is 1.40 bits per heavy atom. The molecule has 0 bridgehead atoms. The highest BCUT2D eigenvalue weighted by molar-refractivity contribution is 5.38. The predicted octanol–water partition coefficient (Wildman–Crippen LogP) is 3.16. The zero-order valence-electron chi connectivity index (χ0n) is 11.9. The summed E-state index contributed by atoms with van der Waals surface area (Å²) in [5.41, 5.74) is 4.65. The van der Waals surface area contributed by atoms with Crippen molar-refractivity contribution in [2.75, 3.05) is 0 Å². The lowest BCUT2D eigenvalue weighted by atomic mass is 9.87. The smallest absolute Gasteiger partial charge is 0.138 e. The summed E-state index contributed by atoms with van der Waals surface area (Å²) in [4.78, 5) is 0. The fraction of sp³-hybridized carbons (Fsp3) is 0.438. The molecular formula is C16H20N2O2. The van der Waals surface area contributed by atoms with Crippen LogP contribution in [0.15, 0.2) is 22.7 Å². The number of phenolic OH excluding ortho intramolecular Hbond substituents is 1. The lowest BCUT2D eigenvalue weighted by Crippen LogP contribution is -2.25. The first kappa shape index (κ1) is 13.2. The summed E-state index contributed by atoms with van der Waals surface area (Å²) in [5, 5.41) is 17.3. The van der Waals surface area contributed by atoms with Gasteiger partial charge in [-0.05, 0) is 56.4 Å². The van der Waals surface area contributed by atoms with Crippen LogP contribution in [0.3, 0.4) is 0 Å². The van der Waals surface area contributed by atoms with Crippen LogP contribution in [0, 0.1) is 13.8 Å². The standard InChI is InChI=1S/C16H20N2O2/c1-10-15(11(2)20-18-10)9-17-16-5-3-4-12-6-7-13(19)8-14(12)16/h6-8,16-17,19H,3-5,9H2,1-2H3. The summed E-state index contributed by atoms with van der Waals surface area (Å²) >= 11 is 0. The lowest BCUT2D eigenvalue weighted by molar-refractivity contribution is 0.390. The van der Waals surface area contributed by atoms with E-state index in [9.17, 15) is 5.11 Å². The van der Waals surface area contributed by atoms with E-state index in [1.54, 1.807) is 6.07 Å². The first-order valence-electron chi connectivity index (χ1n) is 7.12. The van der Waals surface area contributed by atoms with Gasteiger partial charge in [0.05, 0.1) is 5.69 Å². The quantitative estimate of drug-likeness (QED) is 0.901. The third-order valence-corrected chi connectivity index (χ3v) is 4.15. The summed E-state index contributed by atoms with van der Waals surface area (Å²) in [6.07, 6.45) is 3.37. The molecule has 1 atom stereocenters. The molecule has 3 rings (SSSR count). The van der Waals surface area contributed by atoms with Crippen LogP contribution in [0.1, 0.15) is 47.0 Å². The molecule has 1 unspecified atom stereocenters. The molecule has 4 nitrogen and oxygen atoms in total. The van der Waals surface area contributed by atoms with Crippen molar-refractivity contribution in [2.24, 2.45) is 0 Å². The molecule has 0 saturated carbocycles. The van der Waals surface area contributed by atoms with E-state index in [1.807, 2.05) is 26.0 Å². The number of phenols is 1. The van der Waals surface area contributed by atoms with E-state index in [0.29, 0.717) is 11.8 Å². The Kier molecular flexibility index (Phi) is 3.49. The predicted molar refractivity (Wildman–Crippen MR) is 76.6 cm³/mol. The van der Waals surface area contributed by atoms with Crippen LogP contribution in [0.5, 0.6) is 5.75 Å². The first-order valence-corrected chi connectivity index (χ1v) is 7.12. The van der Waals surface area contributed by atoms with Gasteiger partial charge in [0.15, 0.2) is 0 Å². The first-order chi connectivity index (χ1) is 9.65. The van der Waals surface area contributed by atoms with E-state index in [2.05, 4.69) is 10.5 Å². The van der Waals surface area contributed by atoms with Crippen LogP contribution < -0.4 is 5.32 Å². The third kappa shape index (κ3) is 2.43. The number of fused-ring (bicyclic) bond motifs is 1. The molecule has 0 fully saturated rings. The van der Waals surface area contributed by atoms with Crippen molar-refractivity contribution in [1.29, 1.82) is 0 Å². The van der Waals surface area contributed by atoms with Crippen LogP contribution in [0.25, 0.3) is 0 Å². The molecular weight excluding hydrogens is 252 g/mol. The molecule has 0 amide bonds. The van der Waals surface area contributed by atoms with Gasteiger partial charge in [0.2, 0.25) is 0 Å². The summed E-state index contributed by atoms with van der Waals surface area (Å²) in [6, 6.07) is 5.99. The van der Waals surface area contributed by atoms with Crippen LogP contribution in [-0.2, 0) is 13.0 Å². The van der Waals surface area contributed by atoms with E-state index in [1.165, 1.54) is 17.5 Å². The molecule has 2 aromatic rings. The van der Waals surface area contributed by atoms with Gasteiger partial charge in [-0.2, -0.15) is 0 Å².